The van der Waals surface area contributed by atoms with Gasteiger partial charge in [0.15, 0.2) is 0 Å². The highest BCUT2D eigenvalue weighted by atomic mass is 32.1. The van der Waals surface area contributed by atoms with Crippen molar-refractivity contribution in [3.63, 3.8) is 0 Å². The first-order valence-corrected chi connectivity index (χ1v) is 5.21. The van der Waals surface area contributed by atoms with Crippen LogP contribution in [0.1, 0.15) is 20.8 Å². The molecule has 0 radical (unpaired) electrons. The minimum Gasteiger partial charge on any atom is -0.383 e. The van der Waals surface area contributed by atoms with E-state index in [0.29, 0.717) is 23.7 Å². The maximum Gasteiger partial charge on any atom is 0.117 e. The van der Waals surface area contributed by atoms with E-state index in [0.717, 1.165) is 0 Å². The van der Waals surface area contributed by atoms with E-state index in [1.807, 2.05) is 26.8 Å². The van der Waals surface area contributed by atoms with Gasteiger partial charge in [0.1, 0.15) is 11.1 Å². The number of nitrogens with one attached hydrogen (secondary N) is 1. The molecule has 0 heterocycles. The van der Waals surface area contributed by atoms with Crippen molar-refractivity contribution in [1.82, 2.24) is 5.32 Å². The number of nitriles is 1. The van der Waals surface area contributed by atoms with Crippen LogP contribution >= 0.6 is 12.2 Å². The fourth-order valence-electron chi connectivity index (χ4n) is 0.943. The third kappa shape index (κ3) is 7.06. The molecule has 0 unspecified atom stereocenters. The summed E-state index contributed by atoms with van der Waals surface area (Å²) in [4.78, 5) is 0.490. The molecule has 0 amide bonds. The predicted molar refractivity (Wildman–Crippen MR) is 65.6 cm³/mol. The molecule has 4 heteroatoms. The number of rotatable bonds is 4. The average molecular weight is 226 g/mol. The van der Waals surface area contributed by atoms with Crippen molar-refractivity contribution in [3.8, 4) is 6.07 Å². The molecule has 0 aromatic rings. The van der Waals surface area contributed by atoms with Crippen LogP contribution < -0.4 is 5.32 Å². The first kappa shape index (κ1) is 14.1. The van der Waals surface area contributed by atoms with Gasteiger partial charge in [-0.15, -0.1) is 0 Å². The van der Waals surface area contributed by atoms with Gasteiger partial charge in [-0.3, -0.25) is 0 Å². The molecule has 0 aliphatic rings. The van der Waals surface area contributed by atoms with E-state index in [1.165, 1.54) is 0 Å². The van der Waals surface area contributed by atoms with Crippen LogP contribution in [-0.4, -0.2) is 25.2 Å². The standard InChI is InChI=1S/C11H18N2OS/c1-11(2,3)7-9(8-12)10(15)13-5-6-14-4/h7H,5-6H2,1-4H3,(H,13,15)/b9-7+. The van der Waals surface area contributed by atoms with Gasteiger partial charge < -0.3 is 10.1 Å². The van der Waals surface area contributed by atoms with Crippen molar-refractivity contribution in [2.45, 2.75) is 20.8 Å². The molecule has 0 aromatic carbocycles. The molecule has 0 atom stereocenters. The summed E-state index contributed by atoms with van der Waals surface area (Å²) >= 11 is 5.10. The highest BCUT2D eigenvalue weighted by Gasteiger charge is 2.11. The summed E-state index contributed by atoms with van der Waals surface area (Å²) < 4.78 is 4.88. The summed E-state index contributed by atoms with van der Waals surface area (Å²) in [6.45, 7) is 7.29. The van der Waals surface area contributed by atoms with E-state index in [9.17, 15) is 0 Å². The number of hydrogen-bond acceptors (Lipinski definition) is 3. The van der Waals surface area contributed by atoms with Gasteiger partial charge in [0.25, 0.3) is 0 Å². The Kier molecular flexibility index (Phi) is 6.14. The quantitative estimate of drug-likeness (QED) is 0.345. The number of nitrogens with zero attached hydrogens (tertiary/aromatic N) is 1. The van der Waals surface area contributed by atoms with Gasteiger partial charge in [0.05, 0.1) is 12.2 Å². The van der Waals surface area contributed by atoms with Gasteiger partial charge in [-0.05, 0) is 5.41 Å². The zero-order valence-corrected chi connectivity index (χ0v) is 10.6. The Morgan fingerprint density at radius 2 is 2.13 bits per heavy atom. The van der Waals surface area contributed by atoms with Crippen LogP contribution in [0.25, 0.3) is 0 Å². The van der Waals surface area contributed by atoms with E-state index in [-0.39, 0.29) is 5.41 Å². The van der Waals surface area contributed by atoms with Crippen LogP contribution in [0.4, 0.5) is 0 Å². The summed E-state index contributed by atoms with van der Waals surface area (Å²) in [5.74, 6) is 0. The molecule has 0 rings (SSSR count). The second-order valence-corrected chi connectivity index (χ2v) is 4.69. The molecule has 0 saturated carbocycles. The van der Waals surface area contributed by atoms with E-state index in [2.05, 4.69) is 11.4 Å². The van der Waals surface area contributed by atoms with Crippen LogP contribution in [0.5, 0.6) is 0 Å². The summed E-state index contributed by atoms with van der Waals surface area (Å²) in [6, 6.07) is 2.10. The molecule has 0 fully saturated rings. The average Bonchev–Trinajstić information content (AvgIpc) is 2.13. The molecule has 0 saturated heterocycles. The molecule has 1 N–H and O–H groups in total. The summed E-state index contributed by atoms with van der Waals surface area (Å²) in [7, 11) is 1.63. The summed E-state index contributed by atoms with van der Waals surface area (Å²) in [5.41, 5.74) is 0.478. The third-order valence-corrected chi connectivity index (χ3v) is 1.90. The molecular formula is C11H18N2OS. The van der Waals surface area contributed by atoms with E-state index >= 15 is 0 Å². The number of hydrogen-bond donors (Lipinski definition) is 1. The largest absolute Gasteiger partial charge is 0.383 e. The van der Waals surface area contributed by atoms with Crippen LogP contribution in [-0.2, 0) is 4.74 Å². The third-order valence-electron chi connectivity index (χ3n) is 1.53. The van der Waals surface area contributed by atoms with Crippen LogP contribution in [0.3, 0.4) is 0 Å². The van der Waals surface area contributed by atoms with Gasteiger partial charge in [-0.1, -0.05) is 39.1 Å². The Balaban J connectivity index is 4.38. The minimum atomic E-state index is -0.0436. The van der Waals surface area contributed by atoms with Crippen molar-refractivity contribution in [1.29, 1.82) is 5.26 Å². The van der Waals surface area contributed by atoms with Crippen LogP contribution in [0.2, 0.25) is 0 Å². The smallest absolute Gasteiger partial charge is 0.117 e. The van der Waals surface area contributed by atoms with Crippen molar-refractivity contribution >= 4 is 17.2 Å². The first-order valence-electron chi connectivity index (χ1n) is 4.81. The Hall–Kier alpha value is -0.920. The van der Waals surface area contributed by atoms with Gasteiger partial charge in [-0.25, -0.2) is 0 Å². The maximum absolute atomic E-state index is 8.94. The highest BCUT2D eigenvalue weighted by Crippen LogP contribution is 2.17. The normalized spacial score (nSPS) is 12.1. The first-order chi connectivity index (χ1) is 6.90. The molecule has 3 nitrogen and oxygen atoms in total. The lowest BCUT2D eigenvalue weighted by molar-refractivity contribution is 0.204. The van der Waals surface area contributed by atoms with Crippen LogP contribution in [0, 0.1) is 16.7 Å². The van der Waals surface area contributed by atoms with Crippen molar-refractivity contribution in [2.75, 3.05) is 20.3 Å². The Bertz CT molecular complexity index is 284. The number of allylic oxidation sites excluding steroid dienone is 1. The SMILES string of the molecule is COCCNC(=S)/C(C#N)=C/C(C)(C)C. The lowest BCUT2D eigenvalue weighted by Crippen LogP contribution is -2.27. The molecule has 84 valence electrons. The molecule has 0 aliphatic carbocycles. The lowest BCUT2D eigenvalue weighted by atomic mass is 9.94. The van der Waals surface area contributed by atoms with Gasteiger partial charge in [0, 0.05) is 13.7 Å². The monoisotopic (exact) mass is 226 g/mol. The second-order valence-electron chi connectivity index (χ2n) is 4.28. The zero-order valence-electron chi connectivity index (χ0n) is 9.76. The molecule has 0 aliphatic heterocycles. The van der Waals surface area contributed by atoms with E-state index < -0.39 is 0 Å². The minimum absolute atomic E-state index is 0.0436. The topological polar surface area (TPSA) is 45.0 Å². The molecular weight excluding hydrogens is 208 g/mol. The molecule has 0 bridgehead atoms. The van der Waals surface area contributed by atoms with Crippen molar-refractivity contribution in [3.05, 3.63) is 11.6 Å². The van der Waals surface area contributed by atoms with E-state index in [1.54, 1.807) is 7.11 Å². The Labute approximate surface area is 97.1 Å². The number of methoxy groups -OCH3 is 1. The van der Waals surface area contributed by atoms with Gasteiger partial charge in [0.2, 0.25) is 0 Å². The number of thiocarbonyl (C=S) groups is 1. The van der Waals surface area contributed by atoms with Crippen molar-refractivity contribution < 1.29 is 4.74 Å². The van der Waals surface area contributed by atoms with Gasteiger partial charge >= 0.3 is 0 Å². The number of ether oxygens (including phenoxy) is 1. The fraction of sp³-hybridized carbons (Fsp3) is 0.636. The Morgan fingerprint density at radius 3 is 2.53 bits per heavy atom. The molecule has 15 heavy (non-hydrogen) atoms. The van der Waals surface area contributed by atoms with Crippen molar-refractivity contribution in [2.24, 2.45) is 5.41 Å². The lowest BCUT2D eigenvalue weighted by Gasteiger charge is -2.14. The maximum atomic E-state index is 8.94. The molecule has 0 aromatic heterocycles. The van der Waals surface area contributed by atoms with Crippen LogP contribution in [0.15, 0.2) is 11.6 Å². The molecule has 0 spiro atoms. The van der Waals surface area contributed by atoms with E-state index in [4.69, 9.17) is 22.2 Å². The second kappa shape index (κ2) is 6.54. The fourth-order valence-corrected chi connectivity index (χ4v) is 1.15. The zero-order chi connectivity index (χ0) is 11.9. The highest BCUT2D eigenvalue weighted by molar-refractivity contribution is 7.80. The predicted octanol–water partition coefficient (Wildman–Crippen LogP) is 2.05. The van der Waals surface area contributed by atoms with Gasteiger partial charge in [-0.2, -0.15) is 5.26 Å². The summed E-state index contributed by atoms with van der Waals surface area (Å²) in [6.07, 6.45) is 1.87. The Morgan fingerprint density at radius 1 is 1.53 bits per heavy atom. The summed E-state index contributed by atoms with van der Waals surface area (Å²) in [5, 5.41) is 11.9.